The van der Waals surface area contributed by atoms with E-state index < -0.39 is 11.6 Å². The van der Waals surface area contributed by atoms with Gasteiger partial charge in [-0.05, 0) is 73.9 Å². The summed E-state index contributed by atoms with van der Waals surface area (Å²) < 4.78 is 0. The first-order chi connectivity index (χ1) is 17.5. The van der Waals surface area contributed by atoms with Crippen LogP contribution in [0.15, 0.2) is 41.6 Å². The summed E-state index contributed by atoms with van der Waals surface area (Å²) in [4.78, 5) is 42.6. The van der Waals surface area contributed by atoms with Crippen LogP contribution in [0.1, 0.15) is 118 Å². The Balaban J connectivity index is 2.09. The fourth-order valence-corrected chi connectivity index (χ4v) is 5.37. The van der Waals surface area contributed by atoms with Gasteiger partial charge in [-0.1, -0.05) is 69.5 Å². The maximum atomic E-state index is 13.5. The number of carbonyl (C=O) groups is 3. The Morgan fingerprint density at radius 3 is 1.97 bits per heavy atom. The zero-order valence-electron chi connectivity index (χ0n) is 22.9. The maximum absolute atomic E-state index is 13.5. The Bertz CT molecular complexity index is 1210. The number of unbranched alkanes of at least 4 members (excludes halogenated alkanes) is 3. The van der Waals surface area contributed by atoms with Crippen molar-refractivity contribution in [2.45, 2.75) is 97.5 Å². The molecular weight excluding hydrogens is 466 g/mol. The van der Waals surface area contributed by atoms with E-state index in [-0.39, 0.29) is 22.7 Å². The predicted octanol–water partition coefficient (Wildman–Crippen LogP) is 6.80. The lowest BCUT2D eigenvalue weighted by molar-refractivity contribution is -0.140. The fourth-order valence-electron chi connectivity index (χ4n) is 5.37. The normalized spacial score (nSPS) is 14.2. The summed E-state index contributed by atoms with van der Waals surface area (Å²) in [5.41, 5.74) is 3.48. The molecule has 3 rings (SSSR count). The Hall–Kier alpha value is -3.12. The van der Waals surface area contributed by atoms with Gasteiger partial charge in [0, 0.05) is 23.5 Å². The van der Waals surface area contributed by atoms with Crippen molar-refractivity contribution in [1.82, 2.24) is 0 Å². The zero-order chi connectivity index (χ0) is 27.4. The summed E-state index contributed by atoms with van der Waals surface area (Å²) in [6.07, 6.45) is 6.05. The molecule has 0 atom stereocenters. The summed E-state index contributed by atoms with van der Waals surface area (Å²) >= 11 is 0. The van der Waals surface area contributed by atoms with E-state index in [1.54, 1.807) is 6.07 Å². The maximum Gasteiger partial charge on any atom is 0.331 e. The smallest absolute Gasteiger partial charge is 0.331 e. The average Bonchev–Trinajstić information content (AvgIpc) is 3.15. The third-order valence-corrected chi connectivity index (χ3v) is 7.46. The van der Waals surface area contributed by atoms with Crippen molar-refractivity contribution in [3.63, 3.8) is 0 Å². The second-order valence-electron chi connectivity index (χ2n) is 10.5. The van der Waals surface area contributed by atoms with Crippen molar-refractivity contribution in [3.8, 4) is 11.1 Å². The number of benzene rings is 2. The van der Waals surface area contributed by atoms with Crippen molar-refractivity contribution in [3.05, 3.63) is 58.7 Å². The lowest BCUT2D eigenvalue weighted by atomic mass is 9.73. The van der Waals surface area contributed by atoms with Gasteiger partial charge >= 0.3 is 5.97 Å². The van der Waals surface area contributed by atoms with Crippen LogP contribution in [0, 0.1) is 0 Å². The van der Waals surface area contributed by atoms with Gasteiger partial charge in [-0.25, -0.2) is 4.79 Å². The highest BCUT2D eigenvalue weighted by atomic mass is 16.7. The van der Waals surface area contributed by atoms with Gasteiger partial charge < -0.3 is 9.94 Å². The molecule has 0 spiro atoms. The fraction of sp³-hybridized carbons (Fsp3) is 0.484. The number of fused-ring (bicyclic) bond motifs is 3. The van der Waals surface area contributed by atoms with E-state index in [0.717, 1.165) is 60.8 Å². The van der Waals surface area contributed by atoms with Crippen LogP contribution >= 0.6 is 0 Å². The van der Waals surface area contributed by atoms with E-state index >= 15 is 0 Å². The molecular formula is C31H39NO5. The Morgan fingerprint density at radius 1 is 0.892 bits per heavy atom. The van der Waals surface area contributed by atoms with Crippen molar-refractivity contribution >= 4 is 23.2 Å². The van der Waals surface area contributed by atoms with E-state index in [1.165, 1.54) is 20.8 Å². The quantitative estimate of drug-likeness (QED) is 0.113. The number of aliphatic hydroxyl groups is 1. The molecule has 2 aromatic rings. The van der Waals surface area contributed by atoms with Crippen LogP contribution in [0.25, 0.3) is 11.1 Å². The predicted molar refractivity (Wildman–Crippen MR) is 146 cm³/mol. The highest BCUT2D eigenvalue weighted by Crippen LogP contribution is 2.53. The van der Waals surface area contributed by atoms with Gasteiger partial charge in [0.25, 0.3) is 0 Å². The first-order valence-corrected chi connectivity index (χ1v) is 13.4. The minimum absolute atomic E-state index is 0.225. The van der Waals surface area contributed by atoms with Crippen molar-refractivity contribution in [2.24, 2.45) is 5.16 Å². The van der Waals surface area contributed by atoms with Gasteiger partial charge in [-0.2, -0.15) is 0 Å². The van der Waals surface area contributed by atoms with E-state index in [1.807, 2.05) is 30.3 Å². The number of ketones is 2. The number of hydrogen-bond acceptors (Lipinski definition) is 6. The molecule has 0 saturated carbocycles. The second kappa shape index (κ2) is 11.5. The summed E-state index contributed by atoms with van der Waals surface area (Å²) in [6.45, 7) is 10.7. The standard InChI is InChI=1S/C31H39NO5/c1-7-10-11-12-13-27(32-37-20(4)33)28(34)21-14-16-25-23(18-21)24-19-22(29(35)30(5,6)36)15-17-26(24)31(25,8-2)9-3/h14-19,36H,7-13H2,1-6H3/b32-27+. The molecule has 6 heteroatoms. The van der Waals surface area contributed by atoms with Crippen LogP contribution in [0.3, 0.4) is 0 Å². The van der Waals surface area contributed by atoms with Gasteiger partial charge in [0.05, 0.1) is 0 Å². The number of carbonyl (C=O) groups excluding carboxylic acids is 3. The van der Waals surface area contributed by atoms with Crippen molar-refractivity contribution < 1.29 is 24.3 Å². The minimum Gasteiger partial charge on any atom is -0.382 e. The zero-order valence-corrected chi connectivity index (χ0v) is 22.9. The lowest BCUT2D eigenvalue weighted by Gasteiger charge is -2.29. The number of hydrogen-bond donors (Lipinski definition) is 1. The molecule has 198 valence electrons. The van der Waals surface area contributed by atoms with Crippen LogP contribution in [0.2, 0.25) is 0 Å². The van der Waals surface area contributed by atoms with Crippen LogP contribution in [0.4, 0.5) is 0 Å². The van der Waals surface area contributed by atoms with Crippen molar-refractivity contribution in [2.75, 3.05) is 0 Å². The molecule has 1 aliphatic carbocycles. The van der Waals surface area contributed by atoms with Gasteiger partial charge in [0.1, 0.15) is 11.3 Å². The molecule has 0 aliphatic heterocycles. The summed E-state index contributed by atoms with van der Waals surface area (Å²) in [7, 11) is 0. The topological polar surface area (TPSA) is 93.0 Å². The Kier molecular flexibility index (Phi) is 8.85. The third kappa shape index (κ3) is 5.74. The number of Topliss-reactive ketones (excluding diaryl/α,β-unsaturated/α-hetero) is 2. The molecule has 37 heavy (non-hydrogen) atoms. The number of nitrogens with zero attached hydrogens (tertiary/aromatic N) is 1. The first kappa shape index (κ1) is 28.5. The minimum atomic E-state index is -1.49. The van der Waals surface area contributed by atoms with Gasteiger partial charge in [0.15, 0.2) is 5.78 Å². The molecule has 0 bridgehead atoms. The van der Waals surface area contributed by atoms with Crippen LogP contribution in [-0.2, 0) is 15.0 Å². The molecule has 2 aromatic carbocycles. The molecule has 6 nitrogen and oxygen atoms in total. The molecule has 1 N–H and O–H groups in total. The van der Waals surface area contributed by atoms with Crippen molar-refractivity contribution in [1.29, 1.82) is 0 Å². The lowest BCUT2D eigenvalue weighted by Crippen LogP contribution is -2.31. The van der Waals surface area contributed by atoms with Gasteiger partial charge in [-0.15, -0.1) is 0 Å². The average molecular weight is 506 g/mol. The monoisotopic (exact) mass is 505 g/mol. The Morgan fingerprint density at radius 2 is 1.46 bits per heavy atom. The molecule has 0 saturated heterocycles. The van der Waals surface area contributed by atoms with Gasteiger partial charge in [-0.3, -0.25) is 9.59 Å². The highest BCUT2D eigenvalue weighted by molar-refractivity contribution is 6.46. The van der Waals surface area contributed by atoms with Gasteiger partial charge in [0.2, 0.25) is 5.78 Å². The summed E-state index contributed by atoms with van der Waals surface area (Å²) in [5.74, 6) is -1.19. The van der Waals surface area contributed by atoms with Crippen LogP contribution in [-0.4, -0.2) is 34.0 Å². The molecule has 0 aromatic heterocycles. The van der Waals surface area contributed by atoms with E-state index in [4.69, 9.17) is 4.84 Å². The van der Waals surface area contributed by atoms with Crippen LogP contribution < -0.4 is 0 Å². The third-order valence-electron chi connectivity index (χ3n) is 7.46. The van der Waals surface area contributed by atoms with E-state index in [9.17, 15) is 19.5 Å². The van der Waals surface area contributed by atoms with E-state index in [2.05, 4.69) is 25.9 Å². The molecule has 1 aliphatic rings. The molecule has 0 fully saturated rings. The molecule has 0 heterocycles. The van der Waals surface area contributed by atoms with E-state index in [0.29, 0.717) is 17.5 Å². The molecule has 0 radical (unpaired) electrons. The summed E-state index contributed by atoms with van der Waals surface area (Å²) in [5, 5.41) is 14.2. The van der Waals surface area contributed by atoms with Crippen LogP contribution in [0.5, 0.6) is 0 Å². The Labute approximate surface area is 220 Å². The number of rotatable bonds is 12. The largest absolute Gasteiger partial charge is 0.382 e. The summed E-state index contributed by atoms with van der Waals surface area (Å²) in [6, 6.07) is 11.3. The molecule has 0 amide bonds. The molecule has 0 unspecified atom stereocenters. The first-order valence-electron chi connectivity index (χ1n) is 13.4. The number of oxime groups is 1. The highest BCUT2D eigenvalue weighted by Gasteiger charge is 2.41. The second-order valence-corrected chi connectivity index (χ2v) is 10.5. The SMILES string of the molecule is CCCCCC/C(=N\OC(C)=O)C(=O)c1ccc2c(c1)-c1cc(C(=O)C(C)(C)O)ccc1C2(CC)CC.